The first-order chi connectivity index (χ1) is 7.99. The molecule has 8 heteroatoms. The molecule has 0 fully saturated rings. The van der Waals surface area contributed by atoms with Crippen LogP contribution in [0.2, 0.25) is 0 Å². The van der Waals surface area contributed by atoms with Crippen molar-refractivity contribution in [3.8, 4) is 0 Å². The monoisotopic (exact) mass is 270 g/mol. The van der Waals surface area contributed by atoms with Gasteiger partial charge in [0.2, 0.25) is 0 Å². The Labute approximate surface area is 105 Å². The van der Waals surface area contributed by atoms with Crippen LogP contribution in [0.25, 0.3) is 0 Å². The second-order valence-corrected chi connectivity index (χ2v) is 5.86. The summed E-state index contributed by atoms with van der Waals surface area (Å²) in [5.41, 5.74) is -0.668. The predicted octanol–water partition coefficient (Wildman–Crippen LogP) is 0.395. The van der Waals surface area contributed by atoms with Crippen LogP contribution in [0.1, 0.15) is 5.01 Å². The van der Waals surface area contributed by atoms with E-state index in [1.54, 1.807) is 7.05 Å². The summed E-state index contributed by atoms with van der Waals surface area (Å²) in [6, 6.07) is 1.42. The van der Waals surface area contributed by atoms with Crippen LogP contribution in [0.4, 0.5) is 0 Å². The molecule has 0 spiro atoms. The smallest absolute Gasteiger partial charge is 0.291 e. The number of nitrogens with zero attached hydrogens (tertiary/aromatic N) is 4. The normalized spacial score (nSPS) is 10.8. The van der Waals surface area contributed by atoms with E-state index in [0.29, 0.717) is 9.37 Å². The molecule has 0 N–H and O–H groups in total. The molecule has 2 heterocycles. The molecule has 0 radical (unpaired) electrons. The molecular formula is C9H10N4O2S2. The second kappa shape index (κ2) is 4.46. The Kier molecular flexibility index (Phi) is 3.16. The molecule has 2 aromatic heterocycles. The number of rotatable bonds is 2. The molecule has 0 saturated heterocycles. The molecule has 0 aromatic carbocycles. The maximum atomic E-state index is 11.7. The SMILES string of the molecule is Cc1nnc(Sc2cc(=O)n(C)c(=O)n2C)s1. The molecule has 2 aromatic rings. The Morgan fingerprint density at radius 1 is 1.24 bits per heavy atom. The molecule has 0 atom stereocenters. The predicted molar refractivity (Wildman–Crippen MR) is 65.7 cm³/mol. The fraction of sp³-hybridized carbons (Fsp3) is 0.333. The average Bonchev–Trinajstić information content (AvgIpc) is 2.69. The van der Waals surface area contributed by atoms with E-state index in [1.165, 1.54) is 40.8 Å². The van der Waals surface area contributed by atoms with Crippen molar-refractivity contribution in [1.82, 2.24) is 19.3 Å². The van der Waals surface area contributed by atoms with Gasteiger partial charge in [0.05, 0.1) is 5.03 Å². The van der Waals surface area contributed by atoms with Crippen molar-refractivity contribution in [2.75, 3.05) is 0 Å². The first kappa shape index (κ1) is 12.1. The Hall–Kier alpha value is -1.41. The van der Waals surface area contributed by atoms with Crippen molar-refractivity contribution >= 4 is 23.1 Å². The molecular weight excluding hydrogens is 260 g/mol. The Bertz CT molecular complexity index is 670. The van der Waals surface area contributed by atoms with Crippen LogP contribution in [0.3, 0.4) is 0 Å². The first-order valence-corrected chi connectivity index (χ1v) is 6.37. The lowest BCUT2D eigenvalue weighted by molar-refractivity contribution is 0.636. The van der Waals surface area contributed by atoms with E-state index in [9.17, 15) is 9.59 Å². The fourth-order valence-corrected chi connectivity index (χ4v) is 3.06. The lowest BCUT2D eigenvalue weighted by atomic mass is 10.6. The second-order valence-electron chi connectivity index (χ2n) is 3.41. The van der Waals surface area contributed by atoms with E-state index in [0.717, 1.165) is 9.57 Å². The highest BCUT2D eigenvalue weighted by Gasteiger charge is 2.09. The molecule has 0 bridgehead atoms. The van der Waals surface area contributed by atoms with Crippen LogP contribution in [0, 0.1) is 6.92 Å². The third-order valence-corrected chi connectivity index (χ3v) is 4.17. The average molecular weight is 270 g/mol. The van der Waals surface area contributed by atoms with Gasteiger partial charge in [-0.05, 0) is 18.7 Å². The van der Waals surface area contributed by atoms with Crippen molar-refractivity contribution < 1.29 is 0 Å². The molecule has 0 aliphatic carbocycles. The van der Waals surface area contributed by atoms with Gasteiger partial charge in [0.15, 0.2) is 4.34 Å². The van der Waals surface area contributed by atoms with E-state index < -0.39 is 0 Å². The maximum Gasteiger partial charge on any atom is 0.331 e. The molecule has 17 heavy (non-hydrogen) atoms. The highest BCUT2D eigenvalue weighted by molar-refractivity contribution is 8.01. The summed E-state index contributed by atoms with van der Waals surface area (Å²) >= 11 is 2.69. The van der Waals surface area contributed by atoms with Crippen LogP contribution in [-0.2, 0) is 14.1 Å². The van der Waals surface area contributed by atoms with Crippen LogP contribution in [0.5, 0.6) is 0 Å². The summed E-state index contributed by atoms with van der Waals surface area (Å²) < 4.78 is 3.20. The Balaban J connectivity index is 2.47. The highest BCUT2D eigenvalue weighted by Crippen LogP contribution is 2.27. The lowest BCUT2D eigenvalue weighted by Gasteiger charge is -2.06. The number of hydrogen-bond donors (Lipinski definition) is 0. The summed E-state index contributed by atoms with van der Waals surface area (Å²) in [6.07, 6.45) is 0. The lowest BCUT2D eigenvalue weighted by Crippen LogP contribution is -2.36. The van der Waals surface area contributed by atoms with Crippen LogP contribution >= 0.6 is 23.1 Å². The van der Waals surface area contributed by atoms with Crippen molar-refractivity contribution in [2.24, 2.45) is 14.1 Å². The van der Waals surface area contributed by atoms with Crippen molar-refractivity contribution in [1.29, 1.82) is 0 Å². The summed E-state index contributed by atoms with van der Waals surface area (Å²) in [5, 5.41) is 9.24. The summed E-state index contributed by atoms with van der Waals surface area (Å²) in [6.45, 7) is 1.85. The van der Waals surface area contributed by atoms with Gasteiger partial charge >= 0.3 is 5.69 Å². The van der Waals surface area contributed by atoms with Crippen molar-refractivity contribution in [3.05, 3.63) is 31.9 Å². The summed E-state index contributed by atoms with van der Waals surface area (Å²) in [4.78, 5) is 23.2. The topological polar surface area (TPSA) is 69.8 Å². The minimum absolute atomic E-state index is 0.322. The molecule has 0 aliphatic heterocycles. The third-order valence-electron chi connectivity index (χ3n) is 2.18. The minimum Gasteiger partial charge on any atom is -0.291 e. The maximum absolute atomic E-state index is 11.7. The van der Waals surface area contributed by atoms with E-state index in [1.807, 2.05) is 6.92 Å². The van der Waals surface area contributed by atoms with Crippen LogP contribution < -0.4 is 11.2 Å². The van der Waals surface area contributed by atoms with Crippen molar-refractivity contribution in [2.45, 2.75) is 16.3 Å². The zero-order chi connectivity index (χ0) is 12.6. The van der Waals surface area contributed by atoms with Crippen molar-refractivity contribution in [3.63, 3.8) is 0 Å². The Morgan fingerprint density at radius 2 is 1.94 bits per heavy atom. The van der Waals surface area contributed by atoms with E-state index in [2.05, 4.69) is 10.2 Å². The zero-order valence-corrected chi connectivity index (χ0v) is 11.1. The third kappa shape index (κ3) is 2.32. The number of aryl methyl sites for hydroxylation is 1. The standard InChI is InChI=1S/C9H10N4O2S2/c1-5-10-11-8(16-5)17-7-4-6(14)12(2)9(15)13(7)3/h4H,1-3H3. The van der Waals surface area contributed by atoms with Crippen LogP contribution in [-0.4, -0.2) is 19.3 Å². The highest BCUT2D eigenvalue weighted by atomic mass is 32.2. The first-order valence-electron chi connectivity index (χ1n) is 4.74. The van der Waals surface area contributed by atoms with Gasteiger partial charge < -0.3 is 0 Å². The van der Waals surface area contributed by atoms with Crippen LogP contribution in [0.15, 0.2) is 25.0 Å². The molecule has 0 amide bonds. The van der Waals surface area contributed by atoms with Gasteiger partial charge in [0, 0.05) is 20.2 Å². The van der Waals surface area contributed by atoms with Gasteiger partial charge in [-0.1, -0.05) is 11.3 Å². The van der Waals surface area contributed by atoms with E-state index in [-0.39, 0.29) is 11.2 Å². The number of aromatic nitrogens is 4. The molecule has 2 rings (SSSR count). The quantitative estimate of drug-likeness (QED) is 0.739. The molecule has 0 aliphatic rings. The van der Waals surface area contributed by atoms with Gasteiger partial charge in [-0.3, -0.25) is 13.9 Å². The van der Waals surface area contributed by atoms with E-state index in [4.69, 9.17) is 0 Å². The molecule has 0 unspecified atom stereocenters. The fourth-order valence-electron chi connectivity index (χ4n) is 1.22. The largest absolute Gasteiger partial charge is 0.331 e. The summed E-state index contributed by atoms with van der Waals surface area (Å²) in [5.74, 6) is 0. The van der Waals surface area contributed by atoms with Gasteiger partial charge in [-0.2, -0.15) is 0 Å². The molecule has 90 valence electrons. The van der Waals surface area contributed by atoms with Gasteiger partial charge in [-0.15, -0.1) is 10.2 Å². The van der Waals surface area contributed by atoms with Gasteiger partial charge in [0.25, 0.3) is 5.56 Å². The Morgan fingerprint density at radius 3 is 2.53 bits per heavy atom. The number of hydrogen-bond acceptors (Lipinski definition) is 6. The minimum atomic E-state index is -0.346. The van der Waals surface area contributed by atoms with Gasteiger partial charge in [0.1, 0.15) is 5.01 Å². The van der Waals surface area contributed by atoms with E-state index >= 15 is 0 Å². The molecule has 6 nitrogen and oxygen atoms in total. The molecule has 0 saturated carbocycles. The zero-order valence-electron chi connectivity index (χ0n) is 9.50. The van der Waals surface area contributed by atoms with Gasteiger partial charge in [-0.25, -0.2) is 4.79 Å². The summed E-state index contributed by atoms with van der Waals surface area (Å²) in [7, 11) is 3.08.